The molecule has 4 rings (SSSR count). The molecule has 0 spiro atoms. The fourth-order valence-corrected chi connectivity index (χ4v) is 3.40. The lowest BCUT2D eigenvalue weighted by molar-refractivity contribution is -0.119. The number of carbonyl (C=O) groups excluding carboxylic acids is 2. The van der Waals surface area contributed by atoms with Gasteiger partial charge in [0.25, 0.3) is 0 Å². The van der Waals surface area contributed by atoms with Gasteiger partial charge in [-0.15, -0.1) is 5.10 Å². The van der Waals surface area contributed by atoms with Crippen LogP contribution in [0.25, 0.3) is 22.5 Å². The SMILES string of the molecule is CC(=O)NC[C@H]1CN(c2cc(F)c(-c3ccc(-c4nnnn4C)c(F)c3)c(F)c2)C(=O)O1. The van der Waals surface area contributed by atoms with Crippen molar-refractivity contribution >= 4 is 17.7 Å². The molecule has 0 radical (unpaired) electrons. The molecule has 2 heterocycles. The van der Waals surface area contributed by atoms with Crippen LogP contribution in [0.4, 0.5) is 23.7 Å². The standard InChI is InChI=1S/C20H17F3N6O3/c1-10(30)24-8-13-9-29(20(31)32-13)12-6-16(22)18(17(23)7-12)11-3-4-14(15(21)5-11)19-25-26-27-28(19)2/h3-7,13H,8-9H2,1-2H3,(H,24,30)/t13-/m0/s1. The fourth-order valence-electron chi connectivity index (χ4n) is 3.40. The second-order valence-electron chi connectivity index (χ2n) is 7.16. The molecule has 3 aromatic rings. The van der Waals surface area contributed by atoms with Crippen LogP contribution >= 0.6 is 0 Å². The lowest BCUT2D eigenvalue weighted by Gasteiger charge is -2.15. The number of aromatic nitrogens is 4. The number of benzene rings is 2. The van der Waals surface area contributed by atoms with Crippen molar-refractivity contribution in [2.75, 3.05) is 18.0 Å². The Morgan fingerprint density at radius 2 is 1.91 bits per heavy atom. The summed E-state index contributed by atoms with van der Waals surface area (Å²) >= 11 is 0. The summed E-state index contributed by atoms with van der Waals surface area (Å²) in [6.45, 7) is 1.40. The van der Waals surface area contributed by atoms with Gasteiger partial charge in [0.1, 0.15) is 23.6 Å². The maximum Gasteiger partial charge on any atom is 0.414 e. The zero-order valence-electron chi connectivity index (χ0n) is 17.0. The molecule has 1 aliphatic heterocycles. The number of rotatable bonds is 5. The van der Waals surface area contributed by atoms with Crippen molar-refractivity contribution in [3.05, 3.63) is 47.8 Å². The van der Waals surface area contributed by atoms with E-state index < -0.39 is 35.2 Å². The summed E-state index contributed by atoms with van der Waals surface area (Å²) < 4.78 is 50.7. The Hall–Kier alpha value is -3.96. The van der Waals surface area contributed by atoms with E-state index in [1.165, 1.54) is 30.8 Å². The minimum atomic E-state index is -0.981. The highest BCUT2D eigenvalue weighted by Crippen LogP contribution is 2.33. The van der Waals surface area contributed by atoms with Gasteiger partial charge in [-0.1, -0.05) is 6.07 Å². The molecule has 0 bridgehead atoms. The van der Waals surface area contributed by atoms with Crippen LogP contribution in [0.1, 0.15) is 6.92 Å². The fraction of sp³-hybridized carbons (Fsp3) is 0.250. The number of nitrogens with one attached hydrogen (secondary N) is 1. The number of amides is 2. The summed E-state index contributed by atoms with van der Waals surface area (Å²) in [4.78, 5) is 24.2. The van der Waals surface area contributed by atoms with Crippen LogP contribution in [0.2, 0.25) is 0 Å². The highest BCUT2D eigenvalue weighted by Gasteiger charge is 2.33. The first-order chi connectivity index (χ1) is 15.2. The topological polar surface area (TPSA) is 102 Å². The number of hydrogen-bond donors (Lipinski definition) is 1. The monoisotopic (exact) mass is 446 g/mol. The highest BCUT2D eigenvalue weighted by atomic mass is 19.1. The maximum absolute atomic E-state index is 14.9. The number of anilines is 1. The number of aryl methyl sites for hydroxylation is 1. The van der Waals surface area contributed by atoms with Crippen LogP contribution in [0.15, 0.2) is 30.3 Å². The molecule has 1 fully saturated rings. The molecule has 0 saturated carbocycles. The van der Waals surface area contributed by atoms with E-state index in [4.69, 9.17) is 4.74 Å². The van der Waals surface area contributed by atoms with E-state index in [9.17, 15) is 22.8 Å². The lowest BCUT2D eigenvalue weighted by Crippen LogP contribution is -2.33. The quantitative estimate of drug-likeness (QED) is 0.646. The van der Waals surface area contributed by atoms with E-state index in [-0.39, 0.29) is 41.6 Å². The molecule has 1 atom stereocenters. The average molecular weight is 446 g/mol. The zero-order chi connectivity index (χ0) is 23.0. The van der Waals surface area contributed by atoms with Gasteiger partial charge in [-0.05, 0) is 40.3 Å². The second kappa shape index (κ2) is 8.29. The minimum absolute atomic E-state index is 0.00635. The Balaban J connectivity index is 1.61. The molecule has 9 nitrogen and oxygen atoms in total. The van der Waals surface area contributed by atoms with E-state index in [0.29, 0.717) is 0 Å². The van der Waals surface area contributed by atoms with Crippen LogP contribution in [0.3, 0.4) is 0 Å². The lowest BCUT2D eigenvalue weighted by atomic mass is 10.0. The molecule has 12 heteroatoms. The van der Waals surface area contributed by atoms with E-state index in [2.05, 4.69) is 20.8 Å². The number of ether oxygens (including phenoxy) is 1. The number of halogens is 3. The zero-order valence-corrected chi connectivity index (χ0v) is 17.0. The second-order valence-corrected chi connectivity index (χ2v) is 7.16. The molecule has 1 saturated heterocycles. The van der Waals surface area contributed by atoms with Gasteiger partial charge < -0.3 is 10.1 Å². The molecular formula is C20H17F3N6O3. The van der Waals surface area contributed by atoms with Gasteiger partial charge in [-0.2, -0.15) is 0 Å². The first-order valence-corrected chi connectivity index (χ1v) is 9.49. The van der Waals surface area contributed by atoms with Crippen molar-refractivity contribution in [3.8, 4) is 22.5 Å². The molecule has 166 valence electrons. The van der Waals surface area contributed by atoms with Gasteiger partial charge in [-0.3, -0.25) is 9.69 Å². The van der Waals surface area contributed by atoms with E-state index in [1.54, 1.807) is 0 Å². The summed E-state index contributed by atoms with van der Waals surface area (Å²) in [6, 6.07) is 5.60. The summed E-state index contributed by atoms with van der Waals surface area (Å²) in [5, 5.41) is 13.3. The first-order valence-electron chi connectivity index (χ1n) is 9.49. The smallest absolute Gasteiger partial charge is 0.414 e. The summed E-state index contributed by atoms with van der Waals surface area (Å²) in [5.41, 5.74) is -0.460. The molecule has 32 heavy (non-hydrogen) atoms. The van der Waals surface area contributed by atoms with Gasteiger partial charge in [-0.25, -0.2) is 22.6 Å². The van der Waals surface area contributed by atoms with Gasteiger partial charge in [0, 0.05) is 14.0 Å². The predicted molar refractivity (Wildman–Crippen MR) is 106 cm³/mol. The molecule has 2 aromatic carbocycles. The number of tetrazole rings is 1. The minimum Gasteiger partial charge on any atom is -0.442 e. The summed E-state index contributed by atoms with van der Waals surface area (Å²) in [7, 11) is 1.53. The first kappa shape index (κ1) is 21.3. The van der Waals surface area contributed by atoms with Gasteiger partial charge >= 0.3 is 6.09 Å². The van der Waals surface area contributed by atoms with Gasteiger partial charge in [0.15, 0.2) is 5.82 Å². The molecule has 1 aromatic heterocycles. The van der Waals surface area contributed by atoms with Crippen molar-refractivity contribution in [3.63, 3.8) is 0 Å². The van der Waals surface area contributed by atoms with E-state index >= 15 is 0 Å². The Kier molecular flexibility index (Phi) is 5.51. The molecular weight excluding hydrogens is 429 g/mol. The van der Waals surface area contributed by atoms with Gasteiger partial charge in [0.05, 0.1) is 29.9 Å². The highest BCUT2D eigenvalue weighted by molar-refractivity contribution is 5.90. The molecule has 0 aliphatic carbocycles. The van der Waals surface area contributed by atoms with E-state index in [0.717, 1.165) is 23.1 Å². The van der Waals surface area contributed by atoms with E-state index in [1.807, 2.05) is 0 Å². The number of cyclic esters (lactones) is 1. The normalized spacial score (nSPS) is 15.7. The maximum atomic E-state index is 14.9. The van der Waals surface area contributed by atoms with Crippen molar-refractivity contribution < 1.29 is 27.5 Å². The van der Waals surface area contributed by atoms with Crippen molar-refractivity contribution in [2.45, 2.75) is 13.0 Å². The summed E-state index contributed by atoms with van der Waals surface area (Å²) in [5.74, 6) is -2.86. The molecule has 0 unspecified atom stereocenters. The van der Waals surface area contributed by atoms with Crippen LogP contribution in [0.5, 0.6) is 0 Å². The van der Waals surface area contributed by atoms with Crippen molar-refractivity contribution in [2.24, 2.45) is 7.05 Å². The average Bonchev–Trinajstić information content (AvgIpc) is 3.31. The number of carbonyl (C=O) groups is 2. The Labute approximate surface area is 179 Å². The molecule has 1 aliphatic rings. The number of hydrogen-bond acceptors (Lipinski definition) is 6. The molecule has 1 N–H and O–H groups in total. The van der Waals surface area contributed by atoms with Crippen LogP contribution in [-0.4, -0.2) is 51.4 Å². The largest absolute Gasteiger partial charge is 0.442 e. The number of nitrogens with zero attached hydrogens (tertiary/aromatic N) is 5. The third-order valence-corrected chi connectivity index (χ3v) is 4.91. The summed E-state index contributed by atoms with van der Waals surface area (Å²) in [6.07, 6.45) is -1.45. The Morgan fingerprint density at radius 3 is 2.50 bits per heavy atom. The predicted octanol–water partition coefficient (Wildman–Crippen LogP) is 2.42. The molecule has 2 amide bonds. The van der Waals surface area contributed by atoms with Crippen LogP contribution in [0, 0.1) is 17.5 Å². The Morgan fingerprint density at radius 1 is 1.19 bits per heavy atom. The van der Waals surface area contributed by atoms with Crippen molar-refractivity contribution in [1.82, 2.24) is 25.5 Å². The van der Waals surface area contributed by atoms with Crippen molar-refractivity contribution in [1.29, 1.82) is 0 Å². The Bertz CT molecular complexity index is 1190. The van der Waals surface area contributed by atoms with Gasteiger partial charge in [0.2, 0.25) is 5.91 Å². The third kappa shape index (κ3) is 3.98. The van der Waals surface area contributed by atoms with Crippen LogP contribution < -0.4 is 10.2 Å². The third-order valence-electron chi connectivity index (χ3n) is 4.91. The van der Waals surface area contributed by atoms with Crippen LogP contribution in [-0.2, 0) is 16.6 Å².